The van der Waals surface area contributed by atoms with E-state index in [-0.39, 0.29) is 11.0 Å². The number of rotatable bonds is 3. The molecular weight excluding hydrogens is 412 g/mol. The van der Waals surface area contributed by atoms with Crippen molar-refractivity contribution in [2.75, 3.05) is 0 Å². The van der Waals surface area contributed by atoms with Gasteiger partial charge in [-0.05, 0) is 99.6 Å². The van der Waals surface area contributed by atoms with E-state index >= 15 is 0 Å². The van der Waals surface area contributed by atoms with Crippen LogP contribution in [0.1, 0.15) is 116 Å². The molecule has 0 aromatic heterocycles. The zero-order valence-electron chi connectivity index (χ0n) is 22.7. The van der Waals surface area contributed by atoms with Crippen LogP contribution < -0.4 is 4.74 Å². The van der Waals surface area contributed by atoms with Crippen LogP contribution in [0.15, 0.2) is 24.3 Å². The summed E-state index contributed by atoms with van der Waals surface area (Å²) in [5.74, 6) is 2.57. The highest BCUT2D eigenvalue weighted by atomic mass is 16.5. The fourth-order valence-electron chi connectivity index (χ4n) is 7.92. The first-order valence-electron chi connectivity index (χ1n) is 14.1. The third-order valence-electron chi connectivity index (χ3n) is 10.5. The molecule has 3 aliphatic rings. The van der Waals surface area contributed by atoms with Crippen molar-refractivity contribution < 1.29 is 4.74 Å². The van der Waals surface area contributed by atoms with Crippen LogP contribution in [0.25, 0.3) is 0 Å². The molecule has 2 aromatic rings. The van der Waals surface area contributed by atoms with Crippen molar-refractivity contribution >= 4 is 0 Å². The van der Waals surface area contributed by atoms with Crippen molar-refractivity contribution in [1.82, 2.24) is 0 Å². The molecule has 1 nitrogen and oxygen atoms in total. The number of fused-ring (bicyclic) bond motifs is 1. The lowest BCUT2D eigenvalue weighted by Crippen LogP contribution is -2.53. The van der Waals surface area contributed by atoms with Gasteiger partial charge in [-0.15, -0.1) is 0 Å². The van der Waals surface area contributed by atoms with Gasteiger partial charge in [-0.1, -0.05) is 69.7 Å². The highest BCUT2D eigenvalue weighted by molar-refractivity contribution is 5.54. The molecular formula is C33H46O. The Bertz CT molecular complexity index is 1050. The van der Waals surface area contributed by atoms with Crippen LogP contribution in [0.2, 0.25) is 0 Å². The Balaban J connectivity index is 1.76. The lowest BCUT2D eigenvalue weighted by Gasteiger charge is -2.55. The molecule has 2 aromatic carbocycles. The van der Waals surface area contributed by atoms with Crippen molar-refractivity contribution in [3.05, 3.63) is 63.2 Å². The zero-order chi connectivity index (χ0) is 24.1. The summed E-state index contributed by atoms with van der Waals surface area (Å²) in [6, 6.07) is 9.60. The third kappa shape index (κ3) is 3.73. The molecule has 0 spiro atoms. The topological polar surface area (TPSA) is 9.23 Å². The summed E-state index contributed by atoms with van der Waals surface area (Å²) in [6.07, 6.45) is 14.7. The fraction of sp³-hybridized carbons (Fsp3) is 0.636. The highest BCUT2D eigenvalue weighted by Crippen LogP contribution is 2.60. The minimum atomic E-state index is -0.222. The molecule has 34 heavy (non-hydrogen) atoms. The Labute approximate surface area is 208 Å². The normalized spacial score (nSPS) is 28.4. The number of hydrogen-bond acceptors (Lipinski definition) is 1. The van der Waals surface area contributed by atoms with Gasteiger partial charge in [-0.25, -0.2) is 0 Å². The number of benzene rings is 2. The molecule has 0 N–H and O–H groups in total. The van der Waals surface area contributed by atoms with Gasteiger partial charge in [-0.3, -0.25) is 0 Å². The predicted molar refractivity (Wildman–Crippen MR) is 144 cm³/mol. The van der Waals surface area contributed by atoms with Crippen LogP contribution in [0.3, 0.4) is 0 Å². The summed E-state index contributed by atoms with van der Waals surface area (Å²) in [7, 11) is 0. The molecule has 1 aliphatic heterocycles. The van der Waals surface area contributed by atoms with E-state index in [1.165, 1.54) is 109 Å². The van der Waals surface area contributed by atoms with Gasteiger partial charge in [0, 0.05) is 23.3 Å². The molecule has 1 heterocycles. The van der Waals surface area contributed by atoms with E-state index in [1.807, 2.05) is 0 Å². The minimum Gasteiger partial charge on any atom is -0.482 e. The first-order valence-corrected chi connectivity index (χ1v) is 14.1. The van der Waals surface area contributed by atoms with Crippen LogP contribution in [0, 0.1) is 46.5 Å². The van der Waals surface area contributed by atoms with Gasteiger partial charge in [0.05, 0.1) is 0 Å². The van der Waals surface area contributed by atoms with Gasteiger partial charge in [-0.2, -0.15) is 0 Å². The van der Waals surface area contributed by atoms with Crippen LogP contribution >= 0.6 is 0 Å². The van der Waals surface area contributed by atoms with E-state index in [0.29, 0.717) is 5.92 Å². The maximum absolute atomic E-state index is 7.52. The number of hydrogen-bond donors (Lipinski definition) is 0. The Hall–Kier alpha value is -1.76. The Morgan fingerprint density at radius 2 is 1.15 bits per heavy atom. The van der Waals surface area contributed by atoms with Crippen molar-refractivity contribution in [1.29, 1.82) is 0 Å². The van der Waals surface area contributed by atoms with E-state index in [1.54, 1.807) is 0 Å². The molecule has 2 atom stereocenters. The molecule has 0 radical (unpaired) electrons. The summed E-state index contributed by atoms with van der Waals surface area (Å²) in [5, 5.41) is 0. The molecule has 2 aliphatic carbocycles. The van der Waals surface area contributed by atoms with Crippen molar-refractivity contribution in [2.45, 2.75) is 123 Å². The SMILES string of the molecule is Cc1ccc(C2(C3CCCCC3)CC(C)(C3CCCCC3)c3ccc(C)c(C)c3O2)c(C)c1C. The van der Waals surface area contributed by atoms with Crippen LogP contribution in [-0.2, 0) is 11.0 Å². The maximum Gasteiger partial charge on any atom is 0.138 e. The molecule has 2 saturated carbocycles. The minimum absolute atomic E-state index is 0.162. The maximum atomic E-state index is 7.52. The molecule has 2 fully saturated rings. The van der Waals surface area contributed by atoms with Crippen LogP contribution in [0.4, 0.5) is 0 Å². The van der Waals surface area contributed by atoms with Crippen molar-refractivity contribution in [3.8, 4) is 5.75 Å². The Morgan fingerprint density at radius 1 is 0.618 bits per heavy atom. The van der Waals surface area contributed by atoms with Gasteiger partial charge in [0.1, 0.15) is 11.4 Å². The second kappa shape index (κ2) is 9.03. The number of aryl methyl sites for hydroxylation is 2. The largest absolute Gasteiger partial charge is 0.482 e. The fourth-order valence-corrected chi connectivity index (χ4v) is 7.92. The summed E-state index contributed by atoms with van der Waals surface area (Å²) in [6.45, 7) is 14.1. The number of ether oxygens (including phenoxy) is 1. The van der Waals surface area contributed by atoms with E-state index in [4.69, 9.17) is 4.74 Å². The average Bonchev–Trinajstić information content (AvgIpc) is 2.86. The molecule has 1 heteroatoms. The molecule has 184 valence electrons. The van der Waals surface area contributed by atoms with Crippen molar-refractivity contribution in [2.24, 2.45) is 11.8 Å². The summed E-state index contributed by atoms with van der Waals surface area (Å²) in [4.78, 5) is 0. The second-order valence-corrected chi connectivity index (χ2v) is 12.3. The Morgan fingerprint density at radius 3 is 1.76 bits per heavy atom. The summed E-state index contributed by atoms with van der Waals surface area (Å²) in [5.41, 5.74) is 9.95. The van der Waals surface area contributed by atoms with Gasteiger partial charge in [0.2, 0.25) is 0 Å². The first kappa shape index (κ1) is 24.0. The second-order valence-electron chi connectivity index (χ2n) is 12.3. The molecule has 5 rings (SSSR count). The van der Waals surface area contributed by atoms with Crippen molar-refractivity contribution in [3.63, 3.8) is 0 Å². The van der Waals surface area contributed by atoms with Gasteiger partial charge in [0.25, 0.3) is 0 Å². The molecule has 0 saturated heterocycles. The zero-order valence-corrected chi connectivity index (χ0v) is 22.7. The molecule has 0 amide bonds. The van der Waals surface area contributed by atoms with E-state index < -0.39 is 0 Å². The molecule has 0 bridgehead atoms. The smallest absolute Gasteiger partial charge is 0.138 e. The average molecular weight is 459 g/mol. The van der Waals surface area contributed by atoms with Crippen LogP contribution in [0.5, 0.6) is 5.75 Å². The van der Waals surface area contributed by atoms with Gasteiger partial charge >= 0.3 is 0 Å². The third-order valence-corrected chi connectivity index (χ3v) is 10.5. The summed E-state index contributed by atoms with van der Waals surface area (Å²) < 4.78 is 7.52. The van der Waals surface area contributed by atoms with E-state index in [9.17, 15) is 0 Å². The first-order chi connectivity index (χ1) is 16.3. The lowest BCUT2D eigenvalue weighted by molar-refractivity contribution is -0.0676. The Kier molecular flexibility index (Phi) is 6.36. The quantitative estimate of drug-likeness (QED) is 0.445. The van der Waals surface area contributed by atoms with Gasteiger partial charge < -0.3 is 4.74 Å². The highest BCUT2D eigenvalue weighted by Gasteiger charge is 2.55. The van der Waals surface area contributed by atoms with E-state index in [2.05, 4.69) is 65.8 Å². The van der Waals surface area contributed by atoms with Gasteiger partial charge in [0.15, 0.2) is 0 Å². The predicted octanol–water partition coefficient (Wildman–Crippen LogP) is 9.33. The summed E-state index contributed by atoms with van der Waals surface area (Å²) >= 11 is 0. The molecule has 2 unspecified atom stereocenters. The lowest BCUT2D eigenvalue weighted by atomic mass is 9.56. The van der Waals surface area contributed by atoms with Crippen LogP contribution in [-0.4, -0.2) is 0 Å². The monoisotopic (exact) mass is 458 g/mol. The standard InChI is InChI=1S/C33H46O/c1-22-17-19-29(26(5)24(22)3)33(28-15-11-8-12-16-28)21-32(6,27-13-9-7-10-14-27)30-20-18-23(2)25(4)31(30)34-33/h17-20,27-28H,7-16,21H2,1-6H3. The van der Waals surface area contributed by atoms with E-state index in [0.717, 1.165) is 12.3 Å².